The first kappa shape index (κ1) is 22.1. The van der Waals surface area contributed by atoms with Gasteiger partial charge in [0.25, 0.3) is 11.5 Å². The van der Waals surface area contributed by atoms with Crippen LogP contribution in [0.1, 0.15) is 44.1 Å². The predicted octanol–water partition coefficient (Wildman–Crippen LogP) is 2.54. The number of nitrogens with zero attached hydrogens (tertiary/aromatic N) is 4. The summed E-state index contributed by atoms with van der Waals surface area (Å²) >= 11 is 6.78. The molecule has 8 nitrogen and oxygen atoms in total. The normalized spacial score (nSPS) is 21.6. The second-order valence-electron chi connectivity index (χ2n) is 8.74. The number of aromatic nitrogens is 2. The van der Waals surface area contributed by atoms with Gasteiger partial charge in [-0.1, -0.05) is 42.9 Å². The highest BCUT2D eigenvalue weighted by molar-refractivity contribution is 8.26. The van der Waals surface area contributed by atoms with Crippen LogP contribution in [0.15, 0.2) is 34.1 Å². The highest BCUT2D eigenvalue weighted by atomic mass is 32.2. The van der Waals surface area contributed by atoms with E-state index in [-0.39, 0.29) is 29.3 Å². The molecule has 0 radical (unpaired) electrons. The molecule has 0 unspecified atom stereocenters. The van der Waals surface area contributed by atoms with Crippen LogP contribution in [-0.4, -0.2) is 49.6 Å². The quantitative estimate of drug-likeness (QED) is 0.527. The number of carbonyl (C=O) groups excluding carboxylic acids is 2. The number of pyridine rings is 1. The molecule has 33 heavy (non-hydrogen) atoms. The first-order valence-electron chi connectivity index (χ1n) is 11.3. The van der Waals surface area contributed by atoms with Crippen LogP contribution in [0.25, 0.3) is 11.7 Å². The zero-order valence-electron chi connectivity index (χ0n) is 18.1. The van der Waals surface area contributed by atoms with Gasteiger partial charge in [0, 0.05) is 31.2 Å². The van der Waals surface area contributed by atoms with Crippen molar-refractivity contribution in [2.24, 2.45) is 11.7 Å². The number of carbonyl (C=O) groups is 2. The van der Waals surface area contributed by atoms with Crippen LogP contribution in [0, 0.1) is 5.92 Å². The van der Waals surface area contributed by atoms with E-state index in [0.717, 1.165) is 25.7 Å². The van der Waals surface area contributed by atoms with Gasteiger partial charge in [-0.3, -0.25) is 23.7 Å². The van der Waals surface area contributed by atoms with Crippen molar-refractivity contribution in [3.8, 4) is 0 Å². The van der Waals surface area contributed by atoms with E-state index < -0.39 is 0 Å². The molecule has 4 heterocycles. The number of anilines is 1. The second-order valence-corrected chi connectivity index (χ2v) is 10.4. The molecular formula is C23H25N5O3S2. The summed E-state index contributed by atoms with van der Waals surface area (Å²) in [6, 6.07) is 5.53. The summed E-state index contributed by atoms with van der Waals surface area (Å²) in [5.74, 6) is -0.0704. The van der Waals surface area contributed by atoms with E-state index in [1.165, 1.54) is 16.2 Å². The van der Waals surface area contributed by atoms with E-state index in [1.807, 2.05) is 11.0 Å². The first-order valence-corrected chi connectivity index (χ1v) is 12.5. The van der Waals surface area contributed by atoms with Crippen molar-refractivity contribution >= 4 is 57.7 Å². The van der Waals surface area contributed by atoms with E-state index in [0.29, 0.717) is 52.2 Å². The molecule has 3 aliphatic rings. The van der Waals surface area contributed by atoms with Crippen molar-refractivity contribution in [2.45, 2.75) is 44.6 Å². The van der Waals surface area contributed by atoms with Gasteiger partial charge in [0.1, 0.15) is 15.8 Å². The van der Waals surface area contributed by atoms with E-state index in [9.17, 15) is 14.4 Å². The summed E-state index contributed by atoms with van der Waals surface area (Å²) in [5.41, 5.74) is 6.15. The molecule has 2 amide bonds. The van der Waals surface area contributed by atoms with Crippen molar-refractivity contribution in [1.82, 2.24) is 14.3 Å². The lowest BCUT2D eigenvalue weighted by Crippen LogP contribution is -2.40. The van der Waals surface area contributed by atoms with Gasteiger partial charge in [-0.05, 0) is 43.9 Å². The van der Waals surface area contributed by atoms with Crippen LogP contribution < -0.4 is 16.2 Å². The Labute approximate surface area is 200 Å². The minimum absolute atomic E-state index is 0.132. The third kappa shape index (κ3) is 4.06. The minimum atomic E-state index is -0.294. The number of fused-ring (bicyclic) bond motifs is 1. The van der Waals surface area contributed by atoms with Crippen molar-refractivity contribution in [3.63, 3.8) is 0 Å². The summed E-state index contributed by atoms with van der Waals surface area (Å²) < 4.78 is 2.04. The van der Waals surface area contributed by atoms with Crippen LogP contribution in [-0.2, 0) is 9.59 Å². The summed E-state index contributed by atoms with van der Waals surface area (Å²) in [5, 5.41) is 0. The Hall–Kier alpha value is -2.72. The highest BCUT2D eigenvalue weighted by Gasteiger charge is 2.38. The number of nitrogens with two attached hydrogens (primary N) is 1. The smallest absolute Gasteiger partial charge is 0.267 e. The number of piperidine rings is 1. The molecule has 1 saturated carbocycles. The molecule has 2 saturated heterocycles. The second kappa shape index (κ2) is 8.90. The van der Waals surface area contributed by atoms with Crippen LogP contribution >= 0.6 is 24.0 Å². The number of primary amides is 1. The van der Waals surface area contributed by atoms with Crippen LogP contribution in [0.2, 0.25) is 0 Å². The van der Waals surface area contributed by atoms with Crippen molar-refractivity contribution in [1.29, 1.82) is 0 Å². The molecule has 3 fully saturated rings. The number of thioether (sulfide) groups is 1. The van der Waals surface area contributed by atoms with Crippen molar-refractivity contribution in [3.05, 3.63) is 45.2 Å². The molecule has 2 aromatic rings. The Morgan fingerprint density at radius 1 is 1.15 bits per heavy atom. The maximum atomic E-state index is 13.5. The zero-order valence-corrected chi connectivity index (χ0v) is 19.7. The third-order valence-electron chi connectivity index (χ3n) is 6.73. The lowest BCUT2D eigenvalue weighted by molar-refractivity contribution is -0.124. The molecule has 2 aliphatic heterocycles. The number of thiocarbonyl (C=S) groups is 1. The Morgan fingerprint density at radius 3 is 2.58 bits per heavy atom. The molecule has 0 aromatic carbocycles. The molecule has 172 valence electrons. The molecule has 0 atom stereocenters. The Morgan fingerprint density at radius 2 is 1.88 bits per heavy atom. The molecular weight excluding hydrogens is 458 g/mol. The molecule has 2 aromatic heterocycles. The topological polar surface area (TPSA) is 101 Å². The van der Waals surface area contributed by atoms with Crippen LogP contribution in [0.5, 0.6) is 0 Å². The van der Waals surface area contributed by atoms with Crippen LogP contribution in [0.3, 0.4) is 0 Å². The van der Waals surface area contributed by atoms with Gasteiger partial charge in [-0.15, -0.1) is 0 Å². The Balaban J connectivity index is 1.56. The van der Waals surface area contributed by atoms with E-state index in [2.05, 4.69) is 0 Å². The molecule has 2 N–H and O–H groups in total. The molecule has 0 bridgehead atoms. The Bertz CT molecular complexity index is 1230. The fraction of sp³-hybridized carbons (Fsp3) is 0.435. The van der Waals surface area contributed by atoms with Gasteiger partial charge < -0.3 is 10.6 Å². The lowest BCUT2D eigenvalue weighted by Gasteiger charge is -2.32. The molecule has 0 spiro atoms. The standard InChI is InChI=1S/C23H25N5O3S2/c24-19(29)14-8-11-26(12-9-14)20-16(21(30)27-10-4-3-7-18(27)25-20)13-17-22(31)28(23(32)33-17)15-5-1-2-6-15/h3-4,7,10,13-15H,1-2,5-6,8-9,11-12H2,(H2,24,29). The molecule has 5 rings (SSSR count). The number of hydrogen-bond acceptors (Lipinski definition) is 7. The number of rotatable bonds is 4. The molecule has 1 aliphatic carbocycles. The van der Waals surface area contributed by atoms with Gasteiger partial charge in [-0.25, -0.2) is 4.98 Å². The maximum Gasteiger partial charge on any atom is 0.267 e. The minimum Gasteiger partial charge on any atom is -0.369 e. The van der Waals surface area contributed by atoms with E-state index >= 15 is 0 Å². The summed E-state index contributed by atoms with van der Waals surface area (Å²) in [6.07, 6.45) is 8.65. The fourth-order valence-electron chi connectivity index (χ4n) is 4.92. The first-order chi connectivity index (χ1) is 15.9. The highest BCUT2D eigenvalue weighted by Crippen LogP contribution is 2.38. The van der Waals surface area contributed by atoms with Crippen LogP contribution in [0.4, 0.5) is 5.82 Å². The SMILES string of the molecule is NC(=O)C1CCN(c2nc3ccccn3c(=O)c2C=C2SC(=S)N(C3CCCC3)C2=O)CC1. The lowest BCUT2D eigenvalue weighted by atomic mass is 9.96. The van der Waals surface area contributed by atoms with Crippen molar-refractivity contribution in [2.75, 3.05) is 18.0 Å². The average Bonchev–Trinajstić information content (AvgIpc) is 3.43. The summed E-state index contributed by atoms with van der Waals surface area (Å²) in [4.78, 5) is 47.3. The molecule has 10 heteroatoms. The summed E-state index contributed by atoms with van der Waals surface area (Å²) in [7, 11) is 0. The largest absolute Gasteiger partial charge is 0.369 e. The van der Waals surface area contributed by atoms with Gasteiger partial charge in [-0.2, -0.15) is 0 Å². The van der Waals surface area contributed by atoms with Crippen molar-refractivity contribution < 1.29 is 9.59 Å². The maximum absolute atomic E-state index is 13.5. The predicted molar refractivity (Wildman–Crippen MR) is 133 cm³/mol. The number of hydrogen-bond donors (Lipinski definition) is 1. The van der Waals surface area contributed by atoms with Gasteiger partial charge in [0.15, 0.2) is 0 Å². The monoisotopic (exact) mass is 483 g/mol. The van der Waals surface area contributed by atoms with E-state index in [4.69, 9.17) is 22.9 Å². The average molecular weight is 484 g/mol. The van der Waals surface area contributed by atoms with Gasteiger partial charge >= 0.3 is 0 Å². The van der Waals surface area contributed by atoms with E-state index in [1.54, 1.807) is 29.3 Å². The van der Waals surface area contributed by atoms with Gasteiger partial charge in [0.2, 0.25) is 5.91 Å². The third-order valence-corrected chi connectivity index (χ3v) is 8.07. The van der Waals surface area contributed by atoms with Gasteiger partial charge in [0.05, 0.1) is 10.5 Å². The summed E-state index contributed by atoms with van der Waals surface area (Å²) in [6.45, 7) is 1.12. The Kier molecular flexibility index (Phi) is 5.96. The number of amides is 2. The zero-order chi connectivity index (χ0) is 23.1. The fourth-order valence-corrected chi connectivity index (χ4v) is 6.30.